The van der Waals surface area contributed by atoms with E-state index in [0.29, 0.717) is 15.8 Å². The zero-order valence-electron chi connectivity index (χ0n) is 8.14. The Balaban J connectivity index is 2.60. The van der Waals surface area contributed by atoms with Crippen molar-refractivity contribution in [3.05, 3.63) is 27.7 Å². The Bertz CT molecular complexity index is 441. The summed E-state index contributed by atoms with van der Waals surface area (Å²) in [4.78, 5) is 11.6. The van der Waals surface area contributed by atoms with Crippen molar-refractivity contribution < 1.29 is 14.3 Å². The van der Waals surface area contributed by atoms with E-state index >= 15 is 0 Å². The summed E-state index contributed by atoms with van der Waals surface area (Å²) in [5.41, 5.74) is 0.256. The summed E-state index contributed by atoms with van der Waals surface area (Å²) in [6.45, 7) is 3.28. The van der Waals surface area contributed by atoms with Crippen LogP contribution in [0.3, 0.4) is 0 Å². The summed E-state index contributed by atoms with van der Waals surface area (Å²) in [6, 6.07) is 3.00. The Morgan fingerprint density at radius 2 is 1.87 bits per heavy atom. The summed E-state index contributed by atoms with van der Waals surface area (Å²) < 4.78 is 10.5. The molecule has 80 valence electrons. The number of esters is 1. The highest BCUT2D eigenvalue weighted by molar-refractivity contribution is 6.36. The minimum Gasteiger partial charge on any atom is -0.450 e. The highest BCUT2D eigenvalue weighted by Crippen LogP contribution is 2.38. The monoisotopic (exact) mass is 246 g/mol. The highest BCUT2D eigenvalue weighted by atomic mass is 35.5. The average molecular weight is 247 g/mol. The van der Waals surface area contributed by atoms with Gasteiger partial charge in [-0.05, 0) is 12.1 Å². The number of carbonyl (C=O) groups is 1. The molecule has 1 aliphatic heterocycles. The van der Waals surface area contributed by atoms with Gasteiger partial charge in [0.05, 0.1) is 5.02 Å². The van der Waals surface area contributed by atoms with Gasteiger partial charge in [-0.3, -0.25) is 0 Å². The van der Waals surface area contributed by atoms with Gasteiger partial charge in [-0.2, -0.15) is 0 Å². The van der Waals surface area contributed by atoms with Crippen LogP contribution in [0, 0.1) is 0 Å². The topological polar surface area (TPSA) is 35.5 Å². The number of hydrogen-bond acceptors (Lipinski definition) is 3. The second-order valence-electron chi connectivity index (χ2n) is 3.66. The van der Waals surface area contributed by atoms with E-state index < -0.39 is 11.8 Å². The smallest absolute Gasteiger partial charge is 0.345 e. The van der Waals surface area contributed by atoms with Gasteiger partial charge >= 0.3 is 5.97 Å². The molecule has 0 spiro atoms. The molecule has 0 aromatic heterocycles. The first-order valence-corrected chi connectivity index (χ1v) is 5.06. The molecule has 0 bridgehead atoms. The van der Waals surface area contributed by atoms with Gasteiger partial charge in [0.25, 0.3) is 0 Å². The third-order valence-corrected chi connectivity index (χ3v) is 2.41. The van der Waals surface area contributed by atoms with Crippen LogP contribution < -0.4 is 4.74 Å². The molecular weight excluding hydrogens is 239 g/mol. The van der Waals surface area contributed by atoms with Crippen molar-refractivity contribution in [1.82, 2.24) is 0 Å². The van der Waals surface area contributed by atoms with E-state index in [1.54, 1.807) is 13.8 Å². The van der Waals surface area contributed by atoms with E-state index in [2.05, 4.69) is 0 Å². The number of rotatable bonds is 0. The molecule has 15 heavy (non-hydrogen) atoms. The number of carbonyl (C=O) groups excluding carboxylic acids is 1. The molecule has 0 fully saturated rings. The molecular formula is C10H8Cl2O3. The summed E-state index contributed by atoms with van der Waals surface area (Å²) in [5, 5.41) is 0.682. The third-order valence-electron chi connectivity index (χ3n) is 1.91. The van der Waals surface area contributed by atoms with Crippen molar-refractivity contribution in [2.45, 2.75) is 19.6 Å². The van der Waals surface area contributed by atoms with Crippen molar-refractivity contribution >= 4 is 29.2 Å². The van der Waals surface area contributed by atoms with Crippen LogP contribution >= 0.6 is 23.2 Å². The maximum atomic E-state index is 11.6. The molecule has 0 radical (unpaired) electrons. The number of benzene rings is 1. The minimum atomic E-state index is -0.998. The molecule has 1 aromatic rings. The van der Waals surface area contributed by atoms with Gasteiger partial charge < -0.3 is 9.47 Å². The quantitative estimate of drug-likeness (QED) is 0.660. The van der Waals surface area contributed by atoms with Gasteiger partial charge in [-0.1, -0.05) is 23.2 Å². The van der Waals surface area contributed by atoms with E-state index in [4.69, 9.17) is 32.7 Å². The van der Waals surface area contributed by atoms with Gasteiger partial charge in [0.15, 0.2) is 5.75 Å². The molecule has 2 rings (SSSR count). The SMILES string of the molecule is CC1(C)OC(=O)c2cc(Cl)cc(Cl)c2O1. The number of halogens is 2. The number of fused-ring (bicyclic) bond motifs is 1. The molecule has 0 N–H and O–H groups in total. The lowest BCUT2D eigenvalue weighted by atomic mass is 10.1. The zero-order chi connectivity index (χ0) is 11.2. The first-order valence-electron chi connectivity index (χ1n) is 4.30. The maximum absolute atomic E-state index is 11.6. The van der Waals surface area contributed by atoms with Crippen LogP contribution in [0.5, 0.6) is 5.75 Å². The van der Waals surface area contributed by atoms with Crippen molar-refractivity contribution in [2.24, 2.45) is 0 Å². The largest absolute Gasteiger partial charge is 0.450 e. The predicted octanol–water partition coefficient (Wildman–Crippen LogP) is 3.28. The second-order valence-corrected chi connectivity index (χ2v) is 4.50. The number of hydrogen-bond donors (Lipinski definition) is 0. The number of cyclic esters (lactones) is 1. The molecule has 0 amide bonds. The first kappa shape index (κ1) is 10.6. The second kappa shape index (κ2) is 3.29. The third kappa shape index (κ3) is 1.90. The first-order chi connectivity index (χ1) is 6.89. The van der Waals surface area contributed by atoms with Crippen LogP contribution in [0.1, 0.15) is 24.2 Å². The fraction of sp³-hybridized carbons (Fsp3) is 0.300. The van der Waals surface area contributed by atoms with Crippen LogP contribution in [0.25, 0.3) is 0 Å². The van der Waals surface area contributed by atoms with E-state index in [1.165, 1.54) is 12.1 Å². The standard InChI is InChI=1S/C10H8Cl2O3/c1-10(2)14-8-6(9(13)15-10)3-5(11)4-7(8)12/h3-4H,1-2H3. The highest BCUT2D eigenvalue weighted by Gasteiger charge is 2.35. The minimum absolute atomic E-state index is 0.256. The lowest BCUT2D eigenvalue weighted by molar-refractivity contribution is -0.127. The van der Waals surface area contributed by atoms with Crippen molar-refractivity contribution in [2.75, 3.05) is 0 Å². The summed E-state index contributed by atoms with van der Waals surface area (Å²) in [6.07, 6.45) is 0. The van der Waals surface area contributed by atoms with Gasteiger partial charge in [-0.25, -0.2) is 4.79 Å². The van der Waals surface area contributed by atoms with Gasteiger partial charge in [0.2, 0.25) is 5.79 Å². The lowest BCUT2D eigenvalue weighted by Crippen LogP contribution is -2.39. The molecule has 0 saturated carbocycles. The summed E-state index contributed by atoms with van der Waals surface area (Å²) >= 11 is 11.7. The Morgan fingerprint density at radius 3 is 2.53 bits per heavy atom. The zero-order valence-corrected chi connectivity index (χ0v) is 9.65. The van der Waals surface area contributed by atoms with Crippen LogP contribution in [0.4, 0.5) is 0 Å². The molecule has 0 unspecified atom stereocenters. The molecule has 3 nitrogen and oxygen atoms in total. The molecule has 1 heterocycles. The molecule has 0 aliphatic carbocycles. The van der Waals surface area contributed by atoms with Crippen LogP contribution in [-0.2, 0) is 4.74 Å². The Kier molecular flexibility index (Phi) is 2.32. The van der Waals surface area contributed by atoms with E-state index in [1.807, 2.05) is 0 Å². The van der Waals surface area contributed by atoms with E-state index in [-0.39, 0.29) is 5.56 Å². The van der Waals surface area contributed by atoms with Gasteiger partial charge in [0.1, 0.15) is 5.56 Å². The molecule has 5 heteroatoms. The fourth-order valence-corrected chi connectivity index (χ4v) is 1.89. The van der Waals surface area contributed by atoms with Gasteiger partial charge in [0, 0.05) is 18.9 Å². The molecule has 1 aromatic carbocycles. The van der Waals surface area contributed by atoms with Crippen molar-refractivity contribution in [3.8, 4) is 5.75 Å². The van der Waals surface area contributed by atoms with Crippen molar-refractivity contribution in [1.29, 1.82) is 0 Å². The van der Waals surface area contributed by atoms with E-state index in [0.717, 1.165) is 0 Å². The number of ether oxygens (including phenoxy) is 2. The molecule has 1 aliphatic rings. The van der Waals surface area contributed by atoms with Crippen LogP contribution in [0.2, 0.25) is 10.0 Å². The summed E-state index contributed by atoms with van der Waals surface area (Å²) in [5.74, 6) is -1.16. The van der Waals surface area contributed by atoms with E-state index in [9.17, 15) is 4.79 Å². The molecule has 0 saturated heterocycles. The summed E-state index contributed by atoms with van der Waals surface area (Å²) in [7, 11) is 0. The Labute approximate surface area is 96.9 Å². The predicted molar refractivity (Wildman–Crippen MR) is 56.6 cm³/mol. The maximum Gasteiger partial charge on any atom is 0.345 e. The van der Waals surface area contributed by atoms with Gasteiger partial charge in [-0.15, -0.1) is 0 Å². The molecule has 0 atom stereocenters. The Morgan fingerprint density at radius 1 is 1.20 bits per heavy atom. The lowest BCUT2D eigenvalue weighted by Gasteiger charge is -2.32. The normalized spacial score (nSPS) is 17.7. The Hall–Kier alpha value is -0.930. The van der Waals surface area contributed by atoms with Crippen LogP contribution in [0.15, 0.2) is 12.1 Å². The fourth-order valence-electron chi connectivity index (χ4n) is 1.36. The van der Waals surface area contributed by atoms with Crippen LogP contribution in [-0.4, -0.2) is 11.8 Å². The average Bonchev–Trinajstić information content (AvgIpc) is 2.06. The van der Waals surface area contributed by atoms with Crippen molar-refractivity contribution in [3.63, 3.8) is 0 Å².